The maximum atomic E-state index is 11.3. The predicted octanol–water partition coefficient (Wildman–Crippen LogP) is 1.44. The predicted molar refractivity (Wildman–Crippen MR) is 72.0 cm³/mol. The van der Waals surface area contributed by atoms with Gasteiger partial charge in [-0.1, -0.05) is 24.3 Å². The number of urea groups is 1. The average molecular weight is 244 g/mol. The topological polar surface area (TPSA) is 65.5 Å². The molecular formula is C13H16N4O. The van der Waals surface area contributed by atoms with E-state index in [-0.39, 0.29) is 6.03 Å². The van der Waals surface area contributed by atoms with Gasteiger partial charge in [-0.15, -0.1) is 0 Å². The van der Waals surface area contributed by atoms with Crippen LogP contribution in [0.25, 0.3) is 6.08 Å². The Morgan fingerprint density at radius 1 is 1.39 bits per heavy atom. The lowest BCUT2D eigenvalue weighted by Crippen LogP contribution is -2.47. The fourth-order valence-corrected chi connectivity index (χ4v) is 1.70. The Hall–Kier alpha value is -2.30. The van der Waals surface area contributed by atoms with Crippen molar-refractivity contribution in [1.82, 2.24) is 16.2 Å². The molecule has 2 amide bonds. The van der Waals surface area contributed by atoms with Crippen LogP contribution in [-0.4, -0.2) is 18.4 Å². The number of hydrogen-bond donors (Lipinski definition) is 3. The summed E-state index contributed by atoms with van der Waals surface area (Å²) in [6, 6.07) is 7.82. The van der Waals surface area contributed by atoms with Crippen molar-refractivity contribution in [3.8, 4) is 0 Å². The lowest BCUT2D eigenvalue weighted by molar-refractivity contribution is 0.239. The summed E-state index contributed by atoms with van der Waals surface area (Å²) < 4.78 is 0. The van der Waals surface area contributed by atoms with Gasteiger partial charge in [0.15, 0.2) is 0 Å². The molecule has 1 aromatic carbocycles. The van der Waals surface area contributed by atoms with E-state index in [9.17, 15) is 4.79 Å². The Kier molecular flexibility index (Phi) is 3.96. The number of amides is 2. The molecule has 0 aliphatic carbocycles. The summed E-state index contributed by atoms with van der Waals surface area (Å²) in [4.78, 5) is 15.5. The largest absolute Gasteiger partial charge is 0.337 e. The van der Waals surface area contributed by atoms with Crippen molar-refractivity contribution in [3.63, 3.8) is 0 Å². The van der Waals surface area contributed by atoms with Crippen LogP contribution < -0.4 is 16.2 Å². The standard InChI is InChI=1S/C13H16N4O/c1-2-14-13(18)17-16-12-9-11-6-4-3-5-10(11)7-8-15-12/h3-8H,2,9H2,1H3,(H,15,16)(H2,14,17,18). The van der Waals surface area contributed by atoms with Crippen LogP contribution >= 0.6 is 0 Å². The van der Waals surface area contributed by atoms with E-state index in [2.05, 4.69) is 21.2 Å². The van der Waals surface area contributed by atoms with Crippen molar-refractivity contribution in [1.29, 1.82) is 0 Å². The SMILES string of the molecule is CCNC(=O)NNC1=NC=Cc2ccccc2C1. The van der Waals surface area contributed by atoms with Crippen molar-refractivity contribution < 1.29 is 4.79 Å². The van der Waals surface area contributed by atoms with Crippen LogP contribution in [0.4, 0.5) is 4.79 Å². The van der Waals surface area contributed by atoms with E-state index in [1.54, 1.807) is 6.20 Å². The van der Waals surface area contributed by atoms with Gasteiger partial charge >= 0.3 is 6.03 Å². The molecule has 0 spiro atoms. The van der Waals surface area contributed by atoms with E-state index in [1.807, 2.05) is 37.3 Å². The number of amidine groups is 1. The quantitative estimate of drug-likeness (QED) is 0.654. The third kappa shape index (κ3) is 3.10. The summed E-state index contributed by atoms with van der Waals surface area (Å²) in [6.07, 6.45) is 4.35. The van der Waals surface area contributed by atoms with Gasteiger partial charge in [-0.05, 0) is 24.1 Å². The fourth-order valence-electron chi connectivity index (χ4n) is 1.70. The molecule has 0 unspecified atom stereocenters. The zero-order valence-electron chi connectivity index (χ0n) is 10.2. The highest BCUT2D eigenvalue weighted by Crippen LogP contribution is 2.14. The molecule has 0 fully saturated rings. The number of carbonyl (C=O) groups excluding carboxylic acids is 1. The van der Waals surface area contributed by atoms with Gasteiger partial charge in [-0.25, -0.2) is 9.79 Å². The highest BCUT2D eigenvalue weighted by Gasteiger charge is 2.07. The van der Waals surface area contributed by atoms with Crippen LogP contribution in [0, 0.1) is 0 Å². The Labute approximate surface area is 106 Å². The van der Waals surface area contributed by atoms with Crippen molar-refractivity contribution in [2.24, 2.45) is 4.99 Å². The molecule has 1 aliphatic rings. The number of rotatable bonds is 1. The number of carbonyl (C=O) groups is 1. The summed E-state index contributed by atoms with van der Waals surface area (Å²) >= 11 is 0. The number of fused-ring (bicyclic) bond motifs is 1. The molecule has 18 heavy (non-hydrogen) atoms. The first-order valence-corrected chi connectivity index (χ1v) is 5.90. The van der Waals surface area contributed by atoms with Gasteiger partial charge in [0.1, 0.15) is 5.84 Å². The lowest BCUT2D eigenvalue weighted by atomic mass is 10.0. The number of hydrazine groups is 1. The second-order valence-electron chi connectivity index (χ2n) is 3.88. The van der Waals surface area contributed by atoms with Gasteiger partial charge in [0, 0.05) is 19.2 Å². The third-order valence-corrected chi connectivity index (χ3v) is 2.56. The molecule has 2 rings (SSSR count). The Bertz CT molecular complexity index is 494. The molecule has 94 valence electrons. The van der Waals surface area contributed by atoms with Crippen LogP contribution in [0.3, 0.4) is 0 Å². The molecule has 0 atom stereocenters. The normalized spacial score (nSPS) is 13.1. The first-order valence-electron chi connectivity index (χ1n) is 5.90. The van der Waals surface area contributed by atoms with Crippen molar-refractivity contribution in [2.45, 2.75) is 13.3 Å². The van der Waals surface area contributed by atoms with Crippen molar-refractivity contribution in [2.75, 3.05) is 6.54 Å². The second-order valence-corrected chi connectivity index (χ2v) is 3.88. The molecule has 5 nitrogen and oxygen atoms in total. The van der Waals surface area contributed by atoms with E-state index in [0.29, 0.717) is 18.8 Å². The molecule has 0 radical (unpaired) electrons. The zero-order chi connectivity index (χ0) is 12.8. The number of hydrogen-bond acceptors (Lipinski definition) is 3. The molecule has 3 N–H and O–H groups in total. The van der Waals surface area contributed by atoms with Crippen LogP contribution in [0.2, 0.25) is 0 Å². The van der Waals surface area contributed by atoms with E-state index in [0.717, 1.165) is 5.56 Å². The number of nitrogens with one attached hydrogen (secondary N) is 3. The number of nitrogens with zero attached hydrogens (tertiary/aromatic N) is 1. The van der Waals surface area contributed by atoms with Gasteiger partial charge in [-0.3, -0.25) is 10.9 Å². The maximum Gasteiger partial charge on any atom is 0.333 e. The third-order valence-electron chi connectivity index (χ3n) is 2.56. The number of benzene rings is 1. The molecule has 0 bridgehead atoms. The van der Waals surface area contributed by atoms with E-state index in [1.165, 1.54) is 5.56 Å². The molecule has 5 heteroatoms. The zero-order valence-corrected chi connectivity index (χ0v) is 10.2. The fraction of sp³-hybridized carbons (Fsp3) is 0.231. The monoisotopic (exact) mass is 244 g/mol. The molecule has 1 aromatic rings. The average Bonchev–Trinajstić information content (AvgIpc) is 2.58. The molecule has 0 aromatic heterocycles. The summed E-state index contributed by atoms with van der Waals surface area (Å²) in [5.41, 5.74) is 7.70. The first kappa shape index (κ1) is 12.2. The minimum atomic E-state index is -0.262. The minimum absolute atomic E-state index is 0.262. The summed E-state index contributed by atoms with van der Waals surface area (Å²) in [5, 5.41) is 2.63. The Balaban J connectivity index is 1.98. The van der Waals surface area contributed by atoms with Crippen LogP contribution in [-0.2, 0) is 6.42 Å². The van der Waals surface area contributed by atoms with E-state index in [4.69, 9.17) is 0 Å². The summed E-state index contributed by atoms with van der Waals surface area (Å²) in [5.74, 6) is 0.711. The van der Waals surface area contributed by atoms with Crippen LogP contribution in [0.1, 0.15) is 18.1 Å². The van der Waals surface area contributed by atoms with Gasteiger partial charge in [0.2, 0.25) is 0 Å². The molecular weight excluding hydrogens is 228 g/mol. The highest BCUT2D eigenvalue weighted by atomic mass is 16.2. The van der Waals surface area contributed by atoms with Crippen LogP contribution in [0.15, 0.2) is 35.5 Å². The second kappa shape index (κ2) is 5.86. The van der Waals surface area contributed by atoms with Gasteiger partial charge < -0.3 is 5.32 Å². The van der Waals surface area contributed by atoms with E-state index >= 15 is 0 Å². The van der Waals surface area contributed by atoms with Gasteiger partial charge in [0.05, 0.1) is 0 Å². The maximum absolute atomic E-state index is 11.3. The smallest absolute Gasteiger partial charge is 0.333 e. The first-order chi connectivity index (χ1) is 8.79. The molecule has 0 saturated heterocycles. The molecule has 1 heterocycles. The number of aliphatic imine (C=N–C) groups is 1. The summed E-state index contributed by atoms with van der Waals surface area (Å²) in [6.45, 7) is 2.45. The Morgan fingerprint density at radius 3 is 3.06 bits per heavy atom. The molecule has 0 saturated carbocycles. The van der Waals surface area contributed by atoms with Gasteiger partial charge in [0.25, 0.3) is 0 Å². The Morgan fingerprint density at radius 2 is 2.22 bits per heavy atom. The highest BCUT2D eigenvalue weighted by molar-refractivity contribution is 5.89. The van der Waals surface area contributed by atoms with Crippen LogP contribution in [0.5, 0.6) is 0 Å². The van der Waals surface area contributed by atoms with E-state index < -0.39 is 0 Å². The van der Waals surface area contributed by atoms with Crippen molar-refractivity contribution >= 4 is 17.9 Å². The van der Waals surface area contributed by atoms with Crippen molar-refractivity contribution in [3.05, 3.63) is 41.6 Å². The van der Waals surface area contributed by atoms with Gasteiger partial charge in [-0.2, -0.15) is 0 Å². The summed E-state index contributed by atoms with van der Waals surface area (Å²) in [7, 11) is 0. The lowest BCUT2D eigenvalue weighted by Gasteiger charge is -2.11. The molecule has 1 aliphatic heterocycles. The minimum Gasteiger partial charge on any atom is -0.337 e.